The summed E-state index contributed by atoms with van der Waals surface area (Å²) in [6, 6.07) is 8.49. The summed E-state index contributed by atoms with van der Waals surface area (Å²) >= 11 is 12.3. The van der Waals surface area contributed by atoms with Gasteiger partial charge in [0.2, 0.25) is 21.8 Å². The number of methoxy groups -OCH3 is 2. The lowest BCUT2D eigenvalue weighted by atomic mass is 10.1. The fourth-order valence-electron chi connectivity index (χ4n) is 3.32. The molecular weight excluding hydrogens is 517 g/mol. The maximum Gasteiger partial charge on any atom is 0.244 e. The molecule has 12 heteroatoms. The molecule has 0 unspecified atom stereocenters. The minimum atomic E-state index is -3.94. The van der Waals surface area contributed by atoms with Gasteiger partial charge in [0.15, 0.2) is 0 Å². The van der Waals surface area contributed by atoms with Crippen LogP contribution in [0.3, 0.4) is 0 Å². The first-order chi connectivity index (χ1) is 16.4. The Bertz CT molecular complexity index is 1180. The van der Waals surface area contributed by atoms with E-state index in [1.807, 2.05) is 0 Å². The van der Waals surface area contributed by atoms with Gasteiger partial charge in [-0.2, -0.15) is 0 Å². The number of benzene rings is 2. The van der Waals surface area contributed by atoms with Crippen LogP contribution in [0.2, 0.25) is 10.0 Å². The maximum absolute atomic E-state index is 13.6. The summed E-state index contributed by atoms with van der Waals surface area (Å²) in [5.74, 6) is -0.406. The Morgan fingerprint density at radius 3 is 2.31 bits per heavy atom. The highest BCUT2D eigenvalue weighted by Crippen LogP contribution is 2.34. The van der Waals surface area contributed by atoms with E-state index >= 15 is 0 Å². The standard InChI is InChI=1S/C23H29Cl2N3O6S/c1-6-26-23(30)15(2)27(13-16-7-8-17(24)11-19(16)25)22(29)14-28(35(5,31)32)20-12-18(33-3)9-10-21(20)34-4/h7-12,15H,6,13-14H2,1-5H3,(H,26,30)/t15-/m1/s1. The second-order valence-electron chi connectivity index (χ2n) is 7.64. The third kappa shape index (κ3) is 7.39. The van der Waals surface area contributed by atoms with E-state index < -0.39 is 34.4 Å². The molecule has 0 aliphatic carbocycles. The predicted octanol–water partition coefficient (Wildman–Crippen LogP) is 3.33. The fourth-order valence-corrected chi connectivity index (χ4v) is 4.64. The quantitative estimate of drug-likeness (QED) is 0.464. The molecular formula is C23H29Cl2N3O6S. The van der Waals surface area contributed by atoms with Crippen molar-refractivity contribution in [1.82, 2.24) is 10.2 Å². The zero-order chi connectivity index (χ0) is 26.3. The average Bonchev–Trinajstić information content (AvgIpc) is 2.80. The van der Waals surface area contributed by atoms with E-state index in [-0.39, 0.29) is 18.0 Å². The number of nitrogens with one attached hydrogen (secondary N) is 1. The van der Waals surface area contributed by atoms with Crippen molar-refractivity contribution in [2.75, 3.05) is 37.9 Å². The van der Waals surface area contributed by atoms with Crippen molar-refractivity contribution < 1.29 is 27.5 Å². The third-order valence-electron chi connectivity index (χ3n) is 5.21. The highest BCUT2D eigenvalue weighted by atomic mass is 35.5. The number of anilines is 1. The lowest BCUT2D eigenvalue weighted by Gasteiger charge is -2.32. The summed E-state index contributed by atoms with van der Waals surface area (Å²) in [5.41, 5.74) is 0.670. The largest absolute Gasteiger partial charge is 0.497 e. The van der Waals surface area contributed by atoms with Gasteiger partial charge in [-0.1, -0.05) is 29.3 Å². The number of ether oxygens (including phenoxy) is 2. The summed E-state index contributed by atoms with van der Waals surface area (Å²) in [7, 11) is -1.11. The average molecular weight is 546 g/mol. The van der Waals surface area contributed by atoms with Crippen LogP contribution in [0.1, 0.15) is 19.4 Å². The molecule has 0 saturated heterocycles. The molecule has 0 saturated carbocycles. The van der Waals surface area contributed by atoms with E-state index in [1.165, 1.54) is 31.3 Å². The highest BCUT2D eigenvalue weighted by molar-refractivity contribution is 7.92. The molecule has 1 atom stereocenters. The van der Waals surface area contributed by atoms with Crippen LogP contribution in [-0.4, -0.2) is 64.7 Å². The molecule has 2 amide bonds. The van der Waals surface area contributed by atoms with E-state index in [0.29, 0.717) is 27.9 Å². The van der Waals surface area contributed by atoms with Crippen molar-refractivity contribution in [3.05, 3.63) is 52.0 Å². The summed E-state index contributed by atoms with van der Waals surface area (Å²) in [6.45, 7) is 3.05. The lowest BCUT2D eigenvalue weighted by Crippen LogP contribution is -2.51. The fraction of sp³-hybridized carbons (Fsp3) is 0.391. The Labute approximate surface area is 215 Å². The summed E-state index contributed by atoms with van der Waals surface area (Å²) in [4.78, 5) is 27.5. The maximum atomic E-state index is 13.6. The Morgan fingerprint density at radius 2 is 1.77 bits per heavy atom. The van der Waals surface area contributed by atoms with Gasteiger partial charge in [-0.3, -0.25) is 13.9 Å². The van der Waals surface area contributed by atoms with Gasteiger partial charge < -0.3 is 19.7 Å². The van der Waals surface area contributed by atoms with Gasteiger partial charge in [-0.05, 0) is 43.7 Å². The zero-order valence-electron chi connectivity index (χ0n) is 20.2. The van der Waals surface area contributed by atoms with Gasteiger partial charge in [-0.15, -0.1) is 0 Å². The minimum Gasteiger partial charge on any atom is -0.497 e. The van der Waals surface area contributed by atoms with E-state index in [0.717, 1.165) is 10.6 Å². The molecule has 0 aliphatic rings. The van der Waals surface area contributed by atoms with E-state index in [2.05, 4.69) is 5.32 Å². The van der Waals surface area contributed by atoms with E-state index in [1.54, 1.807) is 38.1 Å². The molecule has 0 fully saturated rings. The summed E-state index contributed by atoms with van der Waals surface area (Å²) in [6.07, 6.45) is 0.979. The van der Waals surface area contributed by atoms with Crippen molar-refractivity contribution in [1.29, 1.82) is 0 Å². The molecule has 0 bridgehead atoms. The van der Waals surface area contributed by atoms with Crippen LogP contribution in [0.15, 0.2) is 36.4 Å². The smallest absolute Gasteiger partial charge is 0.244 e. The number of hydrogen-bond donors (Lipinski definition) is 1. The SMILES string of the molecule is CCNC(=O)[C@@H](C)N(Cc1ccc(Cl)cc1Cl)C(=O)CN(c1cc(OC)ccc1OC)S(C)(=O)=O. The molecule has 0 radical (unpaired) electrons. The number of carbonyl (C=O) groups excluding carboxylic acids is 2. The van der Waals surface area contributed by atoms with Crippen molar-refractivity contribution in [3.63, 3.8) is 0 Å². The molecule has 2 aromatic rings. The normalized spacial score (nSPS) is 12.0. The molecule has 0 aromatic heterocycles. The zero-order valence-corrected chi connectivity index (χ0v) is 22.5. The van der Waals surface area contributed by atoms with Crippen LogP contribution < -0.4 is 19.1 Å². The van der Waals surface area contributed by atoms with Gasteiger partial charge in [0, 0.05) is 29.2 Å². The Kier molecular flexibility index (Phi) is 10.1. The number of hydrogen-bond acceptors (Lipinski definition) is 6. The minimum absolute atomic E-state index is 0.0417. The van der Waals surface area contributed by atoms with Crippen molar-refractivity contribution in [2.24, 2.45) is 0 Å². The van der Waals surface area contributed by atoms with Crippen LogP contribution in [0.5, 0.6) is 11.5 Å². The number of carbonyl (C=O) groups is 2. The van der Waals surface area contributed by atoms with Crippen molar-refractivity contribution in [2.45, 2.75) is 26.4 Å². The molecule has 2 aromatic carbocycles. The van der Waals surface area contributed by atoms with Crippen LogP contribution in [0, 0.1) is 0 Å². The van der Waals surface area contributed by atoms with Crippen molar-refractivity contribution >= 4 is 50.7 Å². The van der Waals surface area contributed by atoms with Crippen LogP contribution in [-0.2, 0) is 26.2 Å². The molecule has 0 spiro atoms. The molecule has 192 valence electrons. The Balaban J connectivity index is 2.51. The number of amides is 2. The number of nitrogens with zero attached hydrogens (tertiary/aromatic N) is 2. The molecule has 35 heavy (non-hydrogen) atoms. The highest BCUT2D eigenvalue weighted by Gasteiger charge is 2.31. The first kappa shape index (κ1) is 28.5. The van der Waals surface area contributed by atoms with Crippen LogP contribution in [0.25, 0.3) is 0 Å². The van der Waals surface area contributed by atoms with E-state index in [9.17, 15) is 18.0 Å². The molecule has 2 rings (SSSR count). The van der Waals surface area contributed by atoms with Crippen LogP contribution >= 0.6 is 23.2 Å². The first-order valence-electron chi connectivity index (χ1n) is 10.6. The van der Waals surface area contributed by atoms with E-state index in [4.69, 9.17) is 32.7 Å². The number of sulfonamides is 1. The van der Waals surface area contributed by atoms with Gasteiger partial charge in [0.05, 0.1) is 26.2 Å². The third-order valence-corrected chi connectivity index (χ3v) is 6.92. The number of likely N-dealkylation sites (N-methyl/N-ethyl adjacent to an activating group) is 1. The molecule has 1 N–H and O–H groups in total. The topological polar surface area (TPSA) is 105 Å². The molecule has 0 aliphatic heterocycles. The summed E-state index contributed by atoms with van der Waals surface area (Å²) in [5, 5.41) is 3.41. The van der Waals surface area contributed by atoms with Crippen LogP contribution in [0.4, 0.5) is 5.69 Å². The van der Waals surface area contributed by atoms with Gasteiger partial charge in [0.25, 0.3) is 0 Å². The van der Waals surface area contributed by atoms with Gasteiger partial charge in [-0.25, -0.2) is 8.42 Å². The van der Waals surface area contributed by atoms with Gasteiger partial charge >= 0.3 is 0 Å². The number of halogens is 2. The monoisotopic (exact) mass is 545 g/mol. The molecule has 0 heterocycles. The Morgan fingerprint density at radius 1 is 1.09 bits per heavy atom. The van der Waals surface area contributed by atoms with Gasteiger partial charge in [0.1, 0.15) is 24.1 Å². The van der Waals surface area contributed by atoms with Crippen molar-refractivity contribution in [3.8, 4) is 11.5 Å². The number of rotatable bonds is 11. The summed E-state index contributed by atoms with van der Waals surface area (Å²) < 4.78 is 37.0. The second-order valence-corrected chi connectivity index (χ2v) is 10.4. The predicted molar refractivity (Wildman–Crippen MR) is 137 cm³/mol. The second kappa shape index (κ2) is 12.3. The Hall–Kier alpha value is -2.69. The first-order valence-corrected chi connectivity index (χ1v) is 13.2. The lowest BCUT2D eigenvalue weighted by molar-refractivity contribution is -0.139. The molecule has 9 nitrogen and oxygen atoms in total.